The first-order valence-corrected chi connectivity index (χ1v) is 10.1. The van der Waals surface area contributed by atoms with E-state index < -0.39 is 9.84 Å². The van der Waals surface area contributed by atoms with Crippen LogP contribution in [0.3, 0.4) is 0 Å². The highest BCUT2D eigenvalue weighted by Gasteiger charge is 2.10. The molecule has 0 aliphatic carbocycles. The van der Waals surface area contributed by atoms with Gasteiger partial charge < -0.3 is 5.32 Å². The topological polar surface area (TPSA) is 114 Å². The van der Waals surface area contributed by atoms with Gasteiger partial charge in [0.2, 0.25) is 5.95 Å². The molecule has 2 aromatic carbocycles. The number of rotatable bonds is 4. The number of aromatic nitrogens is 4. The zero-order chi connectivity index (χ0) is 19.7. The smallest absolute Gasteiger partial charge is 0.229 e. The van der Waals surface area contributed by atoms with E-state index in [0.717, 1.165) is 11.6 Å². The molecule has 0 unspecified atom stereocenters. The predicted molar refractivity (Wildman–Crippen MR) is 104 cm³/mol. The van der Waals surface area contributed by atoms with Gasteiger partial charge in [0.15, 0.2) is 15.5 Å². The minimum Gasteiger partial charge on any atom is -0.324 e. The maximum Gasteiger partial charge on any atom is 0.229 e. The molecule has 4 aromatic rings. The maximum absolute atomic E-state index is 11.5. The Hall–Kier alpha value is -3.77. The average Bonchev–Trinajstić information content (AvgIpc) is 3.11. The molecule has 9 heteroatoms. The quantitative estimate of drug-likeness (QED) is 0.570. The van der Waals surface area contributed by atoms with Crippen molar-refractivity contribution in [1.29, 1.82) is 5.26 Å². The first-order chi connectivity index (χ1) is 13.4. The number of sulfone groups is 1. The second-order valence-corrected chi connectivity index (χ2v) is 8.11. The molecule has 0 atom stereocenters. The molecule has 0 aliphatic heterocycles. The van der Waals surface area contributed by atoms with Gasteiger partial charge >= 0.3 is 0 Å². The Bertz CT molecular complexity index is 1320. The van der Waals surface area contributed by atoms with E-state index in [4.69, 9.17) is 0 Å². The van der Waals surface area contributed by atoms with Crippen LogP contribution in [-0.4, -0.2) is 34.4 Å². The normalized spacial score (nSPS) is 11.3. The lowest BCUT2D eigenvalue weighted by atomic mass is 10.2. The van der Waals surface area contributed by atoms with E-state index in [1.165, 1.54) is 12.1 Å². The van der Waals surface area contributed by atoms with Crippen LogP contribution in [0.4, 0.5) is 11.6 Å². The van der Waals surface area contributed by atoms with E-state index in [0.29, 0.717) is 28.5 Å². The summed E-state index contributed by atoms with van der Waals surface area (Å²) < 4.78 is 24.7. The van der Waals surface area contributed by atoms with Crippen molar-refractivity contribution in [3.05, 3.63) is 66.5 Å². The van der Waals surface area contributed by atoms with Crippen LogP contribution in [0.5, 0.6) is 0 Å². The highest BCUT2D eigenvalue weighted by atomic mass is 32.2. The van der Waals surface area contributed by atoms with Crippen molar-refractivity contribution in [2.45, 2.75) is 4.90 Å². The average molecular weight is 390 g/mol. The van der Waals surface area contributed by atoms with E-state index in [9.17, 15) is 13.7 Å². The number of hydrogen-bond donors (Lipinski definition) is 1. The molecule has 0 amide bonds. The Morgan fingerprint density at radius 3 is 2.57 bits per heavy atom. The first-order valence-electron chi connectivity index (χ1n) is 8.23. The minimum atomic E-state index is -3.25. The zero-order valence-electron chi connectivity index (χ0n) is 14.7. The Kier molecular flexibility index (Phi) is 4.25. The van der Waals surface area contributed by atoms with Crippen LogP contribution in [0.2, 0.25) is 0 Å². The monoisotopic (exact) mass is 390 g/mol. The summed E-state index contributed by atoms with van der Waals surface area (Å²) in [4.78, 5) is 8.89. The molecular formula is C19H14N6O2S. The molecule has 1 N–H and O–H groups in total. The second-order valence-electron chi connectivity index (χ2n) is 6.10. The number of anilines is 2. The van der Waals surface area contributed by atoms with E-state index >= 15 is 0 Å². The molecule has 138 valence electrons. The van der Waals surface area contributed by atoms with Crippen molar-refractivity contribution in [2.24, 2.45) is 0 Å². The predicted octanol–water partition coefficient (Wildman–Crippen LogP) is 2.83. The Morgan fingerprint density at radius 1 is 1.11 bits per heavy atom. The molecule has 2 aromatic heterocycles. The molecule has 28 heavy (non-hydrogen) atoms. The van der Waals surface area contributed by atoms with Crippen molar-refractivity contribution < 1.29 is 8.42 Å². The molecule has 0 radical (unpaired) electrons. The SMILES string of the molecule is CS(=O)(=O)c1ccc(Nc2ncc3cn(-c4ccccc4C#N)nc3n2)cc1. The molecule has 8 nitrogen and oxygen atoms in total. The van der Waals surface area contributed by atoms with Gasteiger partial charge in [-0.1, -0.05) is 12.1 Å². The third kappa shape index (κ3) is 3.41. The number of nitrogens with zero attached hydrogens (tertiary/aromatic N) is 5. The Labute approximate surface area is 161 Å². The maximum atomic E-state index is 11.5. The number of para-hydroxylation sites is 1. The molecule has 4 rings (SSSR count). The van der Waals surface area contributed by atoms with Gasteiger partial charge in [-0.05, 0) is 36.4 Å². The third-order valence-corrected chi connectivity index (χ3v) is 5.20. The molecular weight excluding hydrogens is 376 g/mol. The van der Waals surface area contributed by atoms with Crippen LogP contribution >= 0.6 is 0 Å². The van der Waals surface area contributed by atoms with Crippen LogP contribution in [0.1, 0.15) is 5.56 Å². The van der Waals surface area contributed by atoms with Gasteiger partial charge in [0.1, 0.15) is 6.07 Å². The van der Waals surface area contributed by atoms with Crippen LogP contribution < -0.4 is 5.32 Å². The summed E-state index contributed by atoms with van der Waals surface area (Å²) in [5, 5.41) is 17.5. The van der Waals surface area contributed by atoms with Crippen molar-refractivity contribution >= 4 is 32.5 Å². The van der Waals surface area contributed by atoms with E-state index in [-0.39, 0.29) is 4.90 Å². The van der Waals surface area contributed by atoms with Gasteiger partial charge in [-0.25, -0.2) is 18.1 Å². The van der Waals surface area contributed by atoms with Gasteiger partial charge in [0.05, 0.1) is 21.5 Å². The van der Waals surface area contributed by atoms with Gasteiger partial charge in [0, 0.05) is 24.3 Å². The molecule has 0 bridgehead atoms. The van der Waals surface area contributed by atoms with E-state index in [2.05, 4.69) is 26.5 Å². The summed E-state index contributed by atoms with van der Waals surface area (Å²) in [7, 11) is -3.25. The second kappa shape index (κ2) is 6.75. The lowest BCUT2D eigenvalue weighted by Crippen LogP contribution is -2.00. The van der Waals surface area contributed by atoms with E-state index in [1.54, 1.807) is 47.4 Å². The summed E-state index contributed by atoms with van der Waals surface area (Å²) in [6.07, 6.45) is 4.55. The molecule has 0 saturated carbocycles. The summed E-state index contributed by atoms with van der Waals surface area (Å²) in [6, 6.07) is 15.6. The fourth-order valence-electron chi connectivity index (χ4n) is 2.68. The largest absolute Gasteiger partial charge is 0.324 e. The fourth-order valence-corrected chi connectivity index (χ4v) is 3.31. The number of benzene rings is 2. The summed E-state index contributed by atoms with van der Waals surface area (Å²) in [6.45, 7) is 0. The number of hydrogen-bond acceptors (Lipinski definition) is 7. The standard InChI is InChI=1S/C19H14N6O2S/c1-28(26,27)16-8-6-15(7-9-16)22-19-21-11-14-12-25(24-18(14)23-19)17-5-3-2-4-13(17)10-20/h2-9,11-12H,1H3,(H,22,23,24). The highest BCUT2D eigenvalue weighted by molar-refractivity contribution is 7.90. The molecule has 0 aliphatic rings. The Morgan fingerprint density at radius 2 is 1.86 bits per heavy atom. The summed E-state index contributed by atoms with van der Waals surface area (Å²) >= 11 is 0. The lowest BCUT2D eigenvalue weighted by Gasteiger charge is -2.05. The summed E-state index contributed by atoms with van der Waals surface area (Å²) in [5.74, 6) is 0.332. The first kappa shape index (κ1) is 17.6. The van der Waals surface area contributed by atoms with Crippen LogP contribution in [-0.2, 0) is 9.84 Å². The zero-order valence-corrected chi connectivity index (χ0v) is 15.6. The van der Waals surface area contributed by atoms with Gasteiger partial charge in [0.25, 0.3) is 0 Å². The van der Waals surface area contributed by atoms with Crippen molar-refractivity contribution in [2.75, 3.05) is 11.6 Å². The molecule has 0 spiro atoms. The lowest BCUT2D eigenvalue weighted by molar-refractivity contribution is 0.602. The molecule has 0 fully saturated rings. The molecule has 0 saturated heterocycles. The third-order valence-electron chi connectivity index (χ3n) is 4.07. The van der Waals surface area contributed by atoms with Gasteiger partial charge in [-0.2, -0.15) is 10.2 Å². The number of nitriles is 1. The number of nitrogens with one attached hydrogen (secondary N) is 1. The van der Waals surface area contributed by atoms with Crippen molar-refractivity contribution in [3.8, 4) is 11.8 Å². The van der Waals surface area contributed by atoms with Crippen LogP contribution in [0.15, 0.2) is 65.8 Å². The van der Waals surface area contributed by atoms with Crippen LogP contribution in [0.25, 0.3) is 16.7 Å². The van der Waals surface area contributed by atoms with Crippen molar-refractivity contribution in [1.82, 2.24) is 19.7 Å². The summed E-state index contributed by atoms with van der Waals surface area (Å²) in [5.41, 5.74) is 2.29. The highest BCUT2D eigenvalue weighted by Crippen LogP contribution is 2.20. The van der Waals surface area contributed by atoms with Crippen molar-refractivity contribution in [3.63, 3.8) is 0 Å². The minimum absolute atomic E-state index is 0.240. The Balaban J connectivity index is 1.64. The van der Waals surface area contributed by atoms with E-state index in [1.807, 2.05) is 6.07 Å². The van der Waals surface area contributed by atoms with Crippen LogP contribution in [0, 0.1) is 11.3 Å². The number of fused-ring (bicyclic) bond motifs is 1. The van der Waals surface area contributed by atoms with Gasteiger partial charge in [-0.15, -0.1) is 5.10 Å². The van der Waals surface area contributed by atoms with Gasteiger partial charge in [-0.3, -0.25) is 0 Å². The fraction of sp³-hybridized carbons (Fsp3) is 0.0526. The molecule has 2 heterocycles.